The summed E-state index contributed by atoms with van der Waals surface area (Å²) in [5.74, 6) is -4.19. The van der Waals surface area contributed by atoms with E-state index in [1.807, 2.05) is 0 Å². The molecule has 6 saturated carbocycles. The molecule has 6 bridgehead atoms. The summed E-state index contributed by atoms with van der Waals surface area (Å²) in [6.45, 7) is -0.556. The number of hydrogen-bond donors (Lipinski definition) is 1. The Bertz CT molecular complexity index is 904. The number of fused-ring (bicyclic) bond motifs is 1. The Balaban J connectivity index is 1.10. The first-order valence-electron chi connectivity index (χ1n) is 11.8. The van der Waals surface area contributed by atoms with E-state index in [1.54, 1.807) is 0 Å². The average molecular weight is 483 g/mol. The molecule has 1 saturated heterocycles. The van der Waals surface area contributed by atoms with Gasteiger partial charge < -0.3 is 24.1 Å². The highest BCUT2D eigenvalue weighted by Crippen LogP contribution is 2.60. The van der Waals surface area contributed by atoms with Crippen LogP contribution in [0.25, 0.3) is 0 Å². The van der Waals surface area contributed by atoms with Crippen molar-refractivity contribution >= 4 is 35.5 Å². The fraction of sp³-hybridized carbons (Fsp3) is 0.826. The maximum absolute atomic E-state index is 12.9. The lowest BCUT2D eigenvalue weighted by atomic mass is 9.52. The van der Waals surface area contributed by atoms with Crippen LogP contribution in [-0.2, 0) is 38.1 Å². The van der Waals surface area contributed by atoms with Gasteiger partial charge in [0.2, 0.25) is 0 Å². The van der Waals surface area contributed by atoms with E-state index in [1.165, 1.54) is 0 Å². The van der Waals surface area contributed by atoms with Crippen LogP contribution in [0.15, 0.2) is 0 Å². The lowest BCUT2D eigenvalue weighted by Gasteiger charge is -2.59. The lowest BCUT2D eigenvalue weighted by molar-refractivity contribution is -0.222. The molecule has 6 aliphatic carbocycles. The zero-order valence-corrected chi connectivity index (χ0v) is 18.8. The number of hydrogen-bond acceptors (Lipinski definition) is 9. The summed E-state index contributed by atoms with van der Waals surface area (Å²) >= 11 is 5.54. The molecule has 7 fully saturated rings. The molecular weight excluding hydrogens is 456 g/mol. The first kappa shape index (κ1) is 21.6. The Morgan fingerprint density at radius 2 is 1.79 bits per heavy atom. The molecule has 9 nitrogen and oxygen atoms in total. The first-order valence-corrected chi connectivity index (χ1v) is 12.3. The number of ether oxygens (including phenoxy) is 4. The third-order valence-corrected chi connectivity index (χ3v) is 9.05. The SMILES string of the molecule is O=C(CCl)OC1C2CC3C1OC(=O)C3C2C(=O)OCC(=O)OC12CC3CC(CC(O)(C3)C1)C2. The van der Waals surface area contributed by atoms with E-state index in [0.717, 1.165) is 32.1 Å². The maximum Gasteiger partial charge on any atom is 0.344 e. The number of carbonyl (C=O) groups excluding carboxylic acids is 4. The van der Waals surface area contributed by atoms with Crippen molar-refractivity contribution in [2.24, 2.45) is 35.5 Å². The van der Waals surface area contributed by atoms with Crippen LogP contribution in [0.4, 0.5) is 0 Å². The molecule has 0 aromatic heterocycles. The van der Waals surface area contributed by atoms with Gasteiger partial charge in [0.25, 0.3) is 0 Å². The topological polar surface area (TPSA) is 125 Å². The fourth-order valence-electron chi connectivity index (χ4n) is 8.40. The van der Waals surface area contributed by atoms with Crippen LogP contribution >= 0.6 is 11.6 Å². The summed E-state index contributed by atoms with van der Waals surface area (Å²) in [4.78, 5) is 49.7. The maximum atomic E-state index is 12.9. The predicted molar refractivity (Wildman–Crippen MR) is 108 cm³/mol. The molecule has 33 heavy (non-hydrogen) atoms. The van der Waals surface area contributed by atoms with Crippen molar-refractivity contribution in [1.82, 2.24) is 0 Å². The summed E-state index contributed by atoms with van der Waals surface area (Å²) in [5, 5.41) is 10.8. The van der Waals surface area contributed by atoms with Crippen molar-refractivity contribution < 1.29 is 43.2 Å². The molecule has 0 amide bonds. The molecule has 1 aliphatic heterocycles. The van der Waals surface area contributed by atoms with Crippen molar-refractivity contribution in [3.63, 3.8) is 0 Å². The zero-order valence-electron chi connectivity index (χ0n) is 18.1. The second-order valence-corrected chi connectivity index (χ2v) is 11.3. The van der Waals surface area contributed by atoms with Crippen LogP contribution in [0.3, 0.4) is 0 Å². The number of aliphatic hydroxyl groups is 1. The summed E-state index contributed by atoms with van der Waals surface area (Å²) in [6, 6.07) is 0. The standard InChI is InChI=1S/C23H27ClO9/c24-7-14(25)31-18-12-2-13-17(21(28)32-19(13)18)16(12)20(27)30-8-15(26)33-23-5-10-1-11(6-23)4-22(29,3-10)9-23/h10-13,16-19,29H,1-9H2. The summed E-state index contributed by atoms with van der Waals surface area (Å²) in [5.41, 5.74) is -1.45. The summed E-state index contributed by atoms with van der Waals surface area (Å²) < 4.78 is 21.9. The van der Waals surface area contributed by atoms with E-state index >= 15 is 0 Å². The quantitative estimate of drug-likeness (QED) is 0.336. The molecule has 7 rings (SSSR count). The Morgan fingerprint density at radius 1 is 1.06 bits per heavy atom. The second kappa shape index (κ2) is 7.31. The molecule has 8 unspecified atom stereocenters. The number of rotatable bonds is 6. The largest absolute Gasteiger partial charge is 0.458 e. The van der Waals surface area contributed by atoms with Crippen molar-refractivity contribution in [2.75, 3.05) is 12.5 Å². The minimum atomic E-state index is -0.831. The number of halogens is 1. The predicted octanol–water partition coefficient (Wildman–Crippen LogP) is 1.11. The third kappa shape index (κ3) is 3.37. The van der Waals surface area contributed by atoms with Gasteiger partial charge in [-0.15, -0.1) is 11.6 Å². The van der Waals surface area contributed by atoms with E-state index in [4.69, 9.17) is 30.5 Å². The average Bonchev–Trinajstić information content (AvgIpc) is 3.33. The Kier molecular flexibility index (Phi) is 4.80. The van der Waals surface area contributed by atoms with Crippen LogP contribution in [0.1, 0.15) is 44.9 Å². The molecule has 0 radical (unpaired) electrons. The molecule has 7 aliphatic rings. The van der Waals surface area contributed by atoms with Crippen LogP contribution in [0, 0.1) is 35.5 Å². The van der Waals surface area contributed by atoms with Crippen molar-refractivity contribution in [1.29, 1.82) is 0 Å². The van der Waals surface area contributed by atoms with Gasteiger partial charge in [0.1, 0.15) is 23.7 Å². The zero-order chi connectivity index (χ0) is 23.1. The normalized spacial score (nSPS) is 48.0. The van der Waals surface area contributed by atoms with Gasteiger partial charge in [-0.25, -0.2) is 4.79 Å². The Morgan fingerprint density at radius 3 is 2.45 bits per heavy atom. The smallest absolute Gasteiger partial charge is 0.344 e. The third-order valence-electron chi connectivity index (χ3n) is 8.83. The molecule has 1 N–H and O–H groups in total. The minimum Gasteiger partial charge on any atom is -0.458 e. The van der Waals surface area contributed by atoms with Crippen LogP contribution < -0.4 is 0 Å². The highest BCUT2D eigenvalue weighted by molar-refractivity contribution is 6.26. The van der Waals surface area contributed by atoms with Gasteiger partial charge in [-0.1, -0.05) is 0 Å². The summed E-state index contributed by atoms with van der Waals surface area (Å²) in [6.07, 6.45) is 3.71. The van der Waals surface area contributed by atoms with Crippen LogP contribution in [-0.4, -0.2) is 64.9 Å². The Hall–Kier alpha value is -1.87. The fourth-order valence-corrected chi connectivity index (χ4v) is 8.46. The van der Waals surface area contributed by atoms with E-state index in [9.17, 15) is 24.3 Å². The van der Waals surface area contributed by atoms with Gasteiger partial charge in [-0.3, -0.25) is 14.4 Å². The van der Waals surface area contributed by atoms with Gasteiger partial charge in [-0.2, -0.15) is 0 Å². The number of alkyl halides is 1. The molecule has 0 spiro atoms. The molecule has 0 aromatic carbocycles. The van der Waals surface area contributed by atoms with E-state index in [0.29, 0.717) is 24.7 Å². The Labute approximate surface area is 195 Å². The molecule has 8 atom stereocenters. The molecule has 10 heteroatoms. The van der Waals surface area contributed by atoms with E-state index in [-0.39, 0.29) is 11.8 Å². The second-order valence-electron chi connectivity index (χ2n) is 11.1. The van der Waals surface area contributed by atoms with Crippen LogP contribution in [0.5, 0.6) is 0 Å². The highest BCUT2D eigenvalue weighted by atomic mass is 35.5. The van der Waals surface area contributed by atoms with E-state index < -0.39 is 71.6 Å². The minimum absolute atomic E-state index is 0.215. The lowest BCUT2D eigenvalue weighted by Crippen LogP contribution is -2.60. The number of carbonyl (C=O) groups is 4. The van der Waals surface area contributed by atoms with Gasteiger partial charge in [-0.05, 0) is 50.4 Å². The van der Waals surface area contributed by atoms with Gasteiger partial charge in [0.05, 0.1) is 17.4 Å². The van der Waals surface area contributed by atoms with Crippen molar-refractivity contribution in [2.45, 2.75) is 68.4 Å². The first-order chi connectivity index (χ1) is 15.7. The summed E-state index contributed by atoms with van der Waals surface area (Å²) in [7, 11) is 0. The van der Waals surface area contributed by atoms with Gasteiger partial charge in [0, 0.05) is 18.3 Å². The van der Waals surface area contributed by atoms with E-state index in [2.05, 4.69) is 0 Å². The van der Waals surface area contributed by atoms with Crippen molar-refractivity contribution in [3.05, 3.63) is 0 Å². The molecule has 0 aromatic rings. The highest BCUT2D eigenvalue weighted by Gasteiger charge is 2.70. The number of esters is 4. The molecule has 1 heterocycles. The van der Waals surface area contributed by atoms with Crippen LogP contribution in [0.2, 0.25) is 0 Å². The molecule has 180 valence electrons. The molecular formula is C23H27ClO9. The monoisotopic (exact) mass is 482 g/mol. The van der Waals surface area contributed by atoms with Gasteiger partial charge in [0.15, 0.2) is 6.61 Å². The van der Waals surface area contributed by atoms with Gasteiger partial charge >= 0.3 is 23.9 Å². The van der Waals surface area contributed by atoms with Crippen molar-refractivity contribution in [3.8, 4) is 0 Å².